The Labute approximate surface area is 134 Å². The number of carbonyl (C=O) groups is 1. The summed E-state index contributed by atoms with van der Waals surface area (Å²) in [5.74, 6) is 0.467. The summed E-state index contributed by atoms with van der Waals surface area (Å²) >= 11 is 1.34. The topological polar surface area (TPSA) is 66.1 Å². The zero-order chi connectivity index (χ0) is 15.5. The summed E-state index contributed by atoms with van der Waals surface area (Å²) < 4.78 is 0. The smallest absolute Gasteiger partial charge is 0.254 e. The fourth-order valence-corrected chi connectivity index (χ4v) is 4.19. The highest BCUT2D eigenvalue weighted by Crippen LogP contribution is 2.23. The largest absolute Gasteiger partial charge is 0.342 e. The average Bonchev–Trinajstić information content (AvgIpc) is 3.02. The van der Waals surface area contributed by atoms with Gasteiger partial charge in [-0.15, -0.1) is 0 Å². The fraction of sp³-hybridized carbons (Fsp3) is 0.688. The maximum atomic E-state index is 12.3. The molecule has 22 heavy (non-hydrogen) atoms. The zero-order valence-corrected chi connectivity index (χ0v) is 13.9. The van der Waals surface area contributed by atoms with Crippen molar-refractivity contribution in [1.82, 2.24) is 14.9 Å². The lowest BCUT2D eigenvalue weighted by molar-refractivity contribution is -0.129. The Hall–Kier alpha value is -1.30. The number of hydrogen-bond donors (Lipinski definition) is 1. The van der Waals surface area contributed by atoms with Gasteiger partial charge in [0, 0.05) is 18.7 Å². The Morgan fingerprint density at radius 2 is 2.05 bits per heavy atom. The molecule has 1 amide bonds. The monoisotopic (exact) mass is 321 g/mol. The third kappa shape index (κ3) is 3.37. The van der Waals surface area contributed by atoms with E-state index in [1.807, 2.05) is 11.9 Å². The third-order valence-electron chi connectivity index (χ3n) is 4.77. The van der Waals surface area contributed by atoms with E-state index in [0.29, 0.717) is 17.0 Å². The Bertz CT molecular complexity index is 608. The van der Waals surface area contributed by atoms with E-state index in [0.717, 1.165) is 43.4 Å². The van der Waals surface area contributed by atoms with Crippen LogP contribution in [0.3, 0.4) is 0 Å². The van der Waals surface area contributed by atoms with Crippen molar-refractivity contribution in [3.63, 3.8) is 0 Å². The van der Waals surface area contributed by atoms with Gasteiger partial charge < -0.3 is 9.88 Å². The molecule has 1 N–H and O–H groups in total. The van der Waals surface area contributed by atoms with Crippen molar-refractivity contribution in [2.45, 2.75) is 62.6 Å². The molecule has 1 saturated carbocycles. The number of aromatic amines is 1. The van der Waals surface area contributed by atoms with E-state index >= 15 is 0 Å². The maximum absolute atomic E-state index is 12.3. The minimum Gasteiger partial charge on any atom is -0.342 e. The molecule has 1 fully saturated rings. The molecule has 5 nitrogen and oxygen atoms in total. The number of amides is 1. The van der Waals surface area contributed by atoms with Crippen molar-refractivity contribution in [3.8, 4) is 0 Å². The van der Waals surface area contributed by atoms with Crippen molar-refractivity contribution >= 4 is 17.7 Å². The van der Waals surface area contributed by atoms with Gasteiger partial charge >= 0.3 is 0 Å². The maximum Gasteiger partial charge on any atom is 0.254 e. The van der Waals surface area contributed by atoms with Crippen LogP contribution in [0.1, 0.15) is 49.8 Å². The molecule has 120 valence electrons. The predicted octanol–water partition coefficient (Wildman–Crippen LogP) is 2.14. The molecular weight excluding hydrogens is 298 g/mol. The molecule has 1 aromatic rings. The van der Waals surface area contributed by atoms with Gasteiger partial charge in [-0.3, -0.25) is 9.59 Å². The van der Waals surface area contributed by atoms with Gasteiger partial charge in [0.2, 0.25) is 5.91 Å². The lowest BCUT2D eigenvalue weighted by Gasteiger charge is -2.31. The predicted molar refractivity (Wildman–Crippen MR) is 87.2 cm³/mol. The normalized spacial score (nSPS) is 18.2. The second-order valence-corrected chi connectivity index (χ2v) is 7.20. The zero-order valence-electron chi connectivity index (χ0n) is 13.1. The number of aryl methyl sites for hydroxylation is 1. The second kappa shape index (κ2) is 6.86. The van der Waals surface area contributed by atoms with Gasteiger partial charge in [0.25, 0.3) is 5.56 Å². The molecule has 2 aliphatic carbocycles. The van der Waals surface area contributed by atoms with Crippen LogP contribution in [-0.4, -0.2) is 39.6 Å². The molecule has 0 bridgehead atoms. The summed E-state index contributed by atoms with van der Waals surface area (Å²) in [5.41, 5.74) is 1.72. The van der Waals surface area contributed by atoms with Gasteiger partial charge in [-0.2, -0.15) is 0 Å². The number of fused-ring (bicyclic) bond motifs is 1. The Balaban J connectivity index is 1.59. The fourth-order valence-electron chi connectivity index (χ4n) is 3.39. The summed E-state index contributed by atoms with van der Waals surface area (Å²) in [6.45, 7) is 0. The summed E-state index contributed by atoms with van der Waals surface area (Å²) in [7, 11) is 1.90. The third-order valence-corrected chi connectivity index (χ3v) is 5.63. The molecule has 1 aromatic heterocycles. The molecule has 1 heterocycles. The molecule has 2 aliphatic rings. The highest BCUT2D eigenvalue weighted by molar-refractivity contribution is 7.99. The molecule has 0 radical (unpaired) electrons. The van der Waals surface area contributed by atoms with Crippen LogP contribution in [0, 0.1) is 0 Å². The SMILES string of the molecule is CN(C(=O)CSc1nc2c(c(=O)[nH]1)CCC2)C1CCCCC1. The summed E-state index contributed by atoms with van der Waals surface area (Å²) in [6, 6.07) is 0.383. The molecule has 0 spiro atoms. The number of hydrogen-bond acceptors (Lipinski definition) is 4. The minimum atomic E-state index is -0.0296. The molecule has 0 aliphatic heterocycles. The van der Waals surface area contributed by atoms with Crippen LogP contribution < -0.4 is 5.56 Å². The van der Waals surface area contributed by atoms with E-state index < -0.39 is 0 Å². The van der Waals surface area contributed by atoms with Crippen LogP contribution in [0.4, 0.5) is 0 Å². The van der Waals surface area contributed by atoms with Crippen molar-refractivity contribution < 1.29 is 4.79 Å². The van der Waals surface area contributed by atoms with Gasteiger partial charge in [-0.1, -0.05) is 31.0 Å². The number of H-pyrrole nitrogens is 1. The van der Waals surface area contributed by atoms with E-state index in [1.54, 1.807) is 0 Å². The van der Waals surface area contributed by atoms with Gasteiger partial charge in [0.1, 0.15) is 0 Å². The quantitative estimate of drug-likeness (QED) is 0.681. The molecule has 0 unspecified atom stereocenters. The summed E-state index contributed by atoms with van der Waals surface area (Å²) in [4.78, 5) is 33.5. The van der Waals surface area contributed by atoms with Crippen LogP contribution >= 0.6 is 11.8 Å². The number of nitrogens with zero attached hydrogens (tertiary/aromatic N) is 2. The van der Waals surface area contributed by atoms with Gasteiger partial charge in [0.05, 0.1) is 11.4 Å². The van der Waals surface area contributed by atoms with E-state index in [4.69, 9.17) is 0 Å². The van der Waals surface area contributed by atoms with Crippen molar-refractivity contribution in [3.05, 3.63) is 21.6 Å². The first-order chi connectivity index (χ1) is 10.6. The first-order valence-electron chi connectivity index (χ1n) is 8.15. The lowest BCUT2D eigenvalue weighted by atomic mass is 9.94. The van der Waals surface area contributed by atoms with Crippen molar-refractivity contribution in [2.75, 3.05) is 12.8 Å². The van der Waals surface area contributed by atoms with Crippen LogP contribution in [0.25, 0.3) is 0 Å². The molecule has 0 atom stereocenters. The summed E-state index contributed by atoms with van der Waals surface area (Å²) in [5, 5.41) is 0.580. The average molecular weight is 321 g/mol. The number of thioether (sulfide) groups is 1. The number of aromatic nitrogens is 2. The van der Waals surface area contributed by atoms with Crippen LogP contribution in [0.2, 0.25) is 0 Å². The highest BCUT2D eigenvalue weighted by Gasteiger charge is 2.23. The number of rotatable bonds is 4. The van der Waals surface area contributed by atoms with Crippen molar-refractivity contribution in [1.29, 1.82) is 0 Å². The van der Waals surface area contributed by atoms with Crippen LogP contribution in [0.15, 0.2) is 9.95 Å². The lowest BCUT2D eigenvalue weighted by Crippen LogP contribution is -2.39. The Kier molecular flexibility index (Phi) is 4.86. The van der Waals surface area contributed by atoms with E-state index in [9.17, 15) is 9.59 Å². The molecule has 0 aromatic carbocycles. The first kappa shape index (κ1) is 15.6. The molecule has 6 heteroatoms. The van der Waals surface area contributed by atoms with Gasteiger partial charge in [-0.25, -0.2) is 4.98 Å². The van der Waals surface area contributed by atoms with E-state index in [1.165, 1.54) is 31.0 Å². The number of carbonyl (C=O) groups excluding carboxylic acids is 1. The first-order valence-corrected chi connectivity index (χ1v) is 9.14. The standard InChI is InChI=1S/C16H23N3O2S/c1-19(11-6-3-2-4-7-11)14(20)10-22-16-17-13-9-5-8-12(13)15(21)18-16/h11H,2-10H2,1H3,(H,17,18,21). The Morgan fingerprint density at radius 1 is 1.27 bits per heavy atom. The van der Waals surface area contributed by atoms with Gasteiger partial charge in [0.15, 0.2) is 5.16 Å². The number of nitrogens with one attached hydrogen (secondary N) is 1. The van der Waals surface area contributed by atoms with Gasteiger partial charge in [-0.05, 0) is 32.1 Å². The molecule has 0 saturated heterocycles. The highest BCUT2D eigenvalue weighted by atomic mass is 32.2. The van der Waals surface area contributed by atoms with E-state index in [-0.39, 0.29) is 11.5 Å². The minimum absolute atomic E-state index is 0.0296. The van der Waals surface area contributed by atoms with Crippen LogP contribution in [0.5, 0.6) is 0 Å². The Morgan fingerprint density at radius 3 is 2.82 bits per heavy atom. The molecule has 3 rings (SSSR count). The second-order valence-electron chi connectivity index (χ2n) is 6.24. The van der Waals surface area contributed by atoms with E-state index in [2.05, 4.69) is 9.97 Å². The molecular formula is C16H23N3O2S. The van der Waals surface area contributed by atoms with Crippen LogP contribution in [-0.2, 0) is 17.6 Å². The van der Waals surface area contributed by atoms with Crippen molar-refractivity contribution in [2.24, 2.45) is 0 Å². The summed E-state index contributed by atoms with van der Waals surface area (Å²) in [6.07, 6.45) is 8.65.